The first-order valence-electron chi connectivity index (χ1n) is 5.36. The Hall–Kier alpha value is -1.87. The summed E-state index contributed by atoms with van der Waals surface area (Å²) >= 11 is 1.62. The van der Waals surface area contributed by atoms with Gasteiger partial charge in [-0.1, -0.05) is 30.3 Å². The maximum absolute atomic E-state index is 11.5. The monoisotopic (exact) mass is 243 g/mol. The molecule has 0 aliphatic carbocycles. The summed E-state index contributed by atoms with van der Waals surface area (Å²) in [5, 5.41) is 6.83. The van der Waals surface area contributed by atoms with Crippen LogP contribution in [0.25, 0.3) is 6.08 Å². The fourth-order valence-electron chi connectivity index (χ4n) is 1.39. The molecule has 0 atom stereocenters. The van der Waals surface area contributed by atoms with Gasteiger partial charge in [0.2, 0.25) is 5.91 Å². The molecule has 17 heavy (non-hydrogen) atoms. The molecule has 86 valence electrons. The van der Waals surface area contributed by atoms with Crippen molar-refractivity contribution in [2.45, 2.75) is 6.54 Å². The molecule has 0 bridgehead atoms. The summed E-state index contributed by atoms with van der Waals surface area (Å²) in [7, 11) is 0. The topological polar surface area (TPSA) is 29.1 Å². The summed E-state index contributed by atoms with van der Waals surface area (Å²) in [6, 6.07) is 11.8. The Morgan fingerprint density at radius 2 is 2.06 bits per heavy atom. The smallest absolute Gasteiger partial charge is 0.244 e. The molecule has 2 aromatic rings. The molecule has 2 rings (SSSR count). The van der Waals surface area contributed by atoms with E-state index < -0.39 is 0 Å². The molecule has 1 aromatic carbocycles. The van der Waals surface area contributed by atoms with Crippen molar-refractivity contribution in [2.75, 3.05) is 0 Å². The number of thiophene rings is 1. The van der Waals surface area contributed by atoms with Crippen LogP contribution in [0.5, 0.6) is 0 Å². The summed E-state index contributed by atoms with van der Waals surface area (Å²) in [4.78, 5) is 11.5. The molecule has 1 amide bonds. The Kier molecular flexibility index (Phi) is 4.11. The molecule has 0 radical (unpaired) electrons. The van der Waals surface area contributed by atoms with Crippen molar-refractivity contribution in [2.24, 2.45) is 0 Å². The molecule has 2 nitrogen and oxygen atoms in total. The number of hydrogen-bond donors (Lipinski definition) is 1. The second kappa shape index (κ2) is 6.01. The number of rotatable bonds is 4. The Balaban J connectivity index is 1.82. The first kappa shape index (κ1) is 11.6. The van der Waals surface area contributed by atoms with E-state index in [-0.39, 0.29) is 5.91 Å². The predicted octanol–water partition coefficient (Wildman–Crippen LogP) is 3.08. The van der Waals surface area contributed by atoms with Gasteiger partial charge in [0.05, 0.1) is 0 Å². The van der Waals surface area contributed by atoms with E-state index in [2.05, 4.69) is 5.32 Å². The molecule has 3 heteroatoms. The largest absolute Gasteiger partial charge is 0.348 e. The van der Waals surface area contributed by atoms with Gasteiger partial charge >= 0.3 is 0 Å². The summed E-state index contributed by atoms with van der Waals surface area (Å²) in [5.41, 5.74) is 2.16. The lowest BCUT2D eigenvalue weighted by Gasteiger charge is -2.01. The number of carbonyl (C=O) groups is 1. The summed E-state index contributed by atoms with van der Waals surface area (Å²) < 4.78 is 0. The predicted molar refractivity (Wildman–Crippen MR) is 71.6 cm³/mol. The Bertz CT molecular complexity index is 488. The third-order valence-corrected chi connectivity index (χ3v) is 2.98. The van der Waals surface area contributed by atoms with E-state index in [1.807, 2.05) is 53.2 Å². The highest BCUT2D eigenvalue weighted by molar-refractivity contribution is 7.08. The van der Waals surface area contributed by atoms with Crippen LogP contribution in [0.15, 0.2) is 53.2 Å². The minimum atomic E-state index is -0.0694. The van der Waals surface area contributed by atoms with Crippen LogP contribution in [0, 0.1) is 0 Å². The lowest BCUT2D eigenvalue weighted by Crippen LogP contribution is -2.20. The van der Waals surface area contributed by atoms with E-state index in [9.17, 15) is 4.79 Å². The van der Waals surface area contributed by atoms with E-state index in [4.69, 9.17) is 0 Å². The first-order valence-corrected chi connectivity index (χ1v) is 6.31. The summed E-state index contributed by atoms with van der Waals surface area (Å²) in [6.45, 7) is 0.563. The molecule has 1 N–H and O–H groups in total. The van der Waals surface area contributed by atoms with Crippen molar-refractivity contribution in [1.82, 2.24) is 5.32 Å². The van der Waals surface area contributed by atoms with Crippen molar-refractivity contribution in [3.8, 4) is 0 Å². The summed E-state index contributed by atoms with van der Waals surface area (Å²) in [5.74, 6) is -0.0694. The fraction of sp³-hybridized carbons (Fsp3) is 0.0714. The normalized spacial score (nSPS) is 10.6. The fourth-order valence-corrected chi connectivity index (χ4v) is 2.01. The minimum absolute atomic E-state index is 0.0694. The van der Waals surface area contributed by atoms with Gasteiger partial charge in [0.1, 0.15) is 0 Å². The standard InChI is InChI=1S/C14H13NOS/c16-14(7-6-13-8-9-17-11-13)15-10-12-4-2-1-3-5-12/h1-9,11H,10H2,(H,15,16)/b7-6+. The lowest BCUT2D eigenvalue weighted by atomic mass is 10.2. The third kappa shape index (κ3) is 3.89. The average molecular weight is 243 g/mol. The lowest BCUT2D eigenvalue weighted by molar-refractivity contribution is -0.116. The zero-order valence-corrected chi connectivity index (χ0v) is 10.1. The van der Waals surface area contributed by atoms with Crippen LogP contribution < -0.4 is 5.32 Å². The quantitative estimate of drug-likeness (QED) is 0.821. The number of carbonyl (C=O) groups excluding carboxylic acids is 1. The van der Waals surface area contributed by atoms with Crippen LogP contribution in [-0.2, 0) is 11.3 Å². The zero-order chi connectivity index (χ0) is 11.9. The first-order chi connectivity index (χ1) is 8.34. The van der Waals surface area contributed by atoms with Gasteiger partial charge in [-0.2, -0.15) is 11.3 Å². The Morgan fingerprint density at radius 1 is 1.24 bits per heavy atom. The maximum atomic E-state index is 11.5. The third-order valence-electron chi connectivity index (χ3n) is 2.28. The minimum Gasteiger partial charge on any atom is -0.348 e. The van der Waals surface area contributed by atoms with Gasteiger partial charge in [0.25, 0.3) is 0 Å². The van der Waals surface area contributed by atoms with Crippen LogP contribution in [0.2, 0.25) is 0 Å². The van der Waals surface area contributed by atoms with Crippen molar-refractivity contribution in [1.29, 1.82) is 0 Å². The van der Waals surface area contributed by atoms with Gasteiger partial charge < -0.3 is 5.32 Å². The zero-order valence-electron chi connectivity index (χ0n) is 9.30. The molecule has 0 fully saturated rings. The van der Waals surface area contributed by atoms with Gasteiger partial charge in [-0.25, -0.2) is 0 Å². The second-order valence-corrected chi connectivity index (χ2v) is 4.37. The van der Waals surface area contributed by atoms with Gasteiger partial charge in [-0.15, -0.1) is 0 Å². The van der Waals surface area contributed by atoms with Crippen LogP contribution in [0.4, 0.5) is 0 Å². The molecule has 0 saturated carbocycles. The van der Waals surface area contributed by atoms with Gasteiger partial charge in [0.15, 0.2) is 0 Å². The number of benzene rings is 1. The van der Waals surface area contributed by atoms with E-state index in [0.29, 0.717) is 6.54 Å². The van der Waals surface area contributed by atoms with E-state index >= 15 is 0 Å². The molecule has 0 saturated heterocycles. The van der Waals surface area contributed by atoms with Gasteiger partial charge in [-0.3, -0.25) is 4.79 Å². The highest BCUT2D eigenvalue weighted by atomic mass is 32.1. The molecular weight excluding hydrogens is 230 g/mol. The molecule has 1 heterocycles. The van der Waals surface area contributed by atoms with Crippen molar-refractivity contribution in [3.63, 3.8) is 0 Å². The maximum Gasteiger partial charge on any atom is 0.244 e. The van der Waals surface area contributed by atoms with Crippen LogP contribution in [0.1, 0.15) is 11.1 Å². The molecule has 0 unspecified atom stereocenters. The van der Waals surface area contributed by atoms with Crippen LogP contribution in [-0.4, -0.2) is 5.91 Å². The number of nitrogens with one attached hydrogen (secondary N) is 1. The van der Waals surface area contributed by atoms with Crippen molar-refractivity contribution < 1.29 is 4.79 Å². The van der Waals surface area contributed by atoms with Crippen LogP contribution in [0.3, 0.4) is 0 Å². The average Bonchev–Trinajstić information content (AvgIpc) is 2.88. The Morgan fingerprint density at radius 3 is 2.76 bits per heavy atom. The van der Waals surface area contributed by atoms with Crippen molar-refractivity contribution >= 4 is 23.3 Å². The molecular formula is C14H13NOS. The molecule has 0 aliphatic heterocycles. The molecule has 0 aliphatic rings. The van der Waals surface area contributed by atoms with Crippen LogP contribution >= 0.6 is 11.3 Å². The van der Waals surface area contributed by atoms with Gasteiger partial charge in [-0.05, 0) is 34.0 Å². The Labute approximate surface area is 105 Å². The summed E-state index contributed by atoms with van der Waals surface area (Å²) in [6.07, 6.45) is 3.38. The number of hydrogen-bond acceptors (Lipinski definition) is 2. The van der Waals surface area contributed by atoms with E-state index in [1.54, 1.807) is 17.4 Å². The highest BCUT2D eigenvalue weighted by Gasteiger charge is 1.95. The molecule has 0 spiro atoms. The number of amides is 1. The van der Waals surface area contributed by atoms with E-state index in [1.165, 1.54) is 0 Å². The highest BCUT2D eigenvalue weighted by Crippen LogP contribution is 2.07. The van der Waals surface area contributed by atoms with E-state index in [0.717, 1.165) is 11.1 Å². The SMILES string of the molecule is O=C(/C=C/c1ccsc1)NCc1ccccc1. The van der Waals surface area contributed by atoms with Gasteiger partial charge in [0, 0.05) is 12.6 Å². The molecule has 1 aromatic heterocycles. The second-order valence-electron chi connectivity index (χ2n) is 3.59. The van der Waals surface area contributed by atoms with Crippen molar-refractivity contribution in [3.05, 3.63) is 64.4 Å².